The van der Waals surface area contributed by atoms with E-state index in [9.17, 15) is 9.59 Å². The predicted octanol–water partition coefficient (Wildman–Crippen LogP) is 0.808. The summed E-state index contributed by atoms with van der Waals surface area (Å²) < 4.78 is 10.9. The Morgan fingerprint density at radius 1 is 1.29 bits per heavy atom. The Balaban J connectivity index is 1.64. The first kappa shape index (κ1) is 13.7. The first-order chi connectivity index (χ1) is 10.2. The van der Waals surface area contributed by atoms with Crippen molar-refractivity contribution in [3.05, 3.63) is 23.8 Å². The summed E-state index contributed by atoms with van der Waals surface area (Å²) >= 11 is 0. The molecule has 1 N–H and O–H groups in total. The van der Waals surface area contributed by atoms with E-state index < -0.39 is 0 Å². The molecule has 0 saturated heterocycles. The summed E-state index contributed by atoms with van der Waals surface area (Å²) in [5.74, 6) is 0.613. The lowest BCUT2D eigenvalue weighted by atomic mass is 10.1. The number of nitrogens with zero attached hydrogens (tertiary/aromatic N) is 1. The van der Waals surface area contributed by atoms with Gasteiger partial charge in [0.05, 0.1) is 12.1 Å². The first-order valence-corrected chi connectivity index (χ1v) is 7.09. The number of amides is 2. The molecule has 2 amide bonds. The van der Waals surface area contributed by atoms with Gasteiger partial charge in [0.25, 0.3) is 5.91 Å². The number of carbonyl (C=O) groups is 2. The summed E-state index contributed by atoms with van der Waals surface area (Å²) in [4.78, 5) is 25.8. The molecule has 0 radical (unpaired) electrons. The van der Waals surface area contributed by atoms with Crippen LogP contribution < -0.4 is 14.8 Å². The van der Waals surface area contributed by atoms with E-state index in [1.165, 1.54) is 0 Å². The molecular weight excluding hydrogens is 272 g/mol. The fraction of sp³-hybridized carbons (Fsp3) is 0.467. The second-order valence-electron chi connectivity index (χ2n) is 5.25. The normalized spacial score (nSPS) is 16.2. The third-order valence-electron chi connectivity index (χ3n) is 3.70. The van der Waals surface area contributed by atoms with Gasteiger partial charge >= 0.3 is 0 Å². The Hall–Kier alpha value is -2.24. The van der Waals surface area contributed by atoms with Gasteiger partial charge < -0.3 is 19.7 Å². The maximum absolute atomic E-state index is 12.2. The van der Waals surface area contributed by atoms with E-state index in [1.54, 1.807) is 30.1 Å². The smallest absolute Gasteiger partial charge is 0.255 e. The van der Waals surface area contributed by atoms with Crippen LogP contribution in [0.2, 0.25) is 0 Å². The van der Waals surface area contributed by atoms with Gasteiger partial charge in [-0.15, -0.1) is 0 Å². The quantitative estimate of drug-likeness (QED) is 0.891. The molecule has 6 heteroatoms. The highest BCUT2D eigenvalue weighted by molar-refractivity contribution is 5.99. The second kappa shape index (κ2) is 5.63. The van der Waals surface area contributed by atoms with Crippen molar-refractivity contribution in [3.63, 3.8) is 0 Å². The van der Waals surface area contributed by atoms with Crippen molar-refractivity contribution < 1.29 is 19.1 Å². The molecule has 2 aliphatic rings. The van der Waals surface area contributed by atoms with Gasteiger partial charge in [0, 0.05) is 13.1 Å². The van der Waals surface area contributed by atoms with Crippen LogP contribution in [0, 0.1) is 0 Å². The molecule has 1 saturated carbocycles. The lowest BCUT2D eigenvalue weighted by molar-refractivity contribution is -0.129. The summed E-state index contributed by atoms with van der Waals surface area (Å²) in [6, 6.07) is 5.51. The molecule has 0 unspecified atom stereocenters. The minimum atomic E-state index is -0.324. The number of para-hydroxylation sites is 1. The van der Waals surface area contributed by atoms with Crippen LogP contribution in [0.15, 0.2) is 18.2 Å². The molecule has 1 aromatic carbocycles. The highest BCUT2D eigenvalue weighted by Gasteiger charge is 2.29. The molecule has 21 heavy (non-hydrogen) atoms. The van der Waals surface area contributed by atoms with Crippen LogP contribution in [0.25, 0.3) is 0 Å². The number of hydrogen-bond donors (Lipinski definition) is 1. The number of nitrogens with one attached hydrogen (secondary N) is 1. The monoisotopic (exact) mass is 290 g/mol. The van der Waals surface area contributed by atoms with E-state index in [0.717, 1.165) is 12.8 Å². The summed E-state index contributed by atoms with van der Waals surface area (Å²) in [6.45, 7) is 0.889. The van der Waals surface area contributed by atoms with Crippen molar-refractivity contribution in [2.45, 2.75) is 18.9 Å². The van der Waals surface area contributed by atoms with E-state index in [2.05, 4.69) is 5.32 Å². The summed E-state index contributed by atoms with van der Waals surface area (Å²) in [5.41, 5.74) is 0.397. The van der Waals surface area contributed by atoms with Crippen LogP contribution in [0.3, 0.4) is 0 Å². The zero-order valence-electron chi connectivity index (χ0n) is 11.9. The molecule has 1 fully saturated rings. The minimum absolute atomic E-state index is 0.00361. The van der Waals surface area contributed by atoms with Crippen molar-refractivity contribution in [1.82, 2.24) is 10.2 Å². The van der Waals surface area contributed by atoms with E-state index >= 15 is 0 Å². The Labute approximate surface area is 123 Å². The van der Waals surface area contributed by atoms with Crippen molar-refractivity contribution in [1.29, 1.82) is 0 Å². The number of carbonyl (C=O) groups excluding carboxylic acids is 2. The minimum Gasteiger partial charge on any atom is -0.486 e. The fourth-order valence-electron chi connectivity index (χ4n) is 2.29. The fourth-order valence-corrected chi connectivity index (χ4v) is 2.29. The molecule has 0 aromatic heterocycles. The van der Waals surface area contributed by atoms with Crippen molar-refractivity contribution >= 4 is 11.8 Å². The molecule has 1 aromatic rings. The molecule has 3 rings (SSSR count). The van der Waals surface area contributed by atoms with Gasteiger partial charge in [0.15, 0.2) is 11.5 Å². The van der Waals surface area contributed by atoms with Crippen molar-refractivity contribution in [3.8, 4) is 11.5 Å². The standard InChI is InChI=1S/C15H18N2O4/c1-17(10-5-6-10)13(18)9-16-15(19)11-3-2-4-12-14(11)21-8-7-20-12/h2-4,10H,5-9H2,1H3,(H,16,19). The molecule has 6 nitrogen and oxygen atoms in total. The van der Waals surface area contributed by atoms with Crippen molar-refractivity contribution in [2.24, 2.45) is 0 Å². The number of hydrogen-bond acceptors (Lipinski definition) is 4. The maximum Gasteiger partial charge on any atom is 0.255 e. The zero-order valence-corrected chi connectivity index (χ0v) is 11.9. The maximum atomic E-state index is 12.2. The van der Waals surface area contributed by atoms with E-state index in [0.29, 0.717) is 36.3 Å². The Kier molecular flexibility index (Phi) is 3.68. The molecule has 0 bridgehead atoms. The van der Waals surface area contributed by atoms with Gasteiger partial charge in [-0.25, -0.2) is 0 Å². The third-order valence-corrected chi connectivity index (χ3v) is 3.70. The zero-order chi connectivity index (χ0) is 14.8. The number of rotatable bonds is 4. The number of likely N-dealkylation sites (N-methyl/N-ethyl adjacent to an activating group) is 1. The molecule has 1 aliphatic heterocycles. The molecule has 0 atom stereocenters. The molecule has 112 valence electrons. The lowest BCUT2D eigenvalue weighted by Gasteiger charge is -2.21. The number of ether oxygens (including phenoxy) is 2. The molecule has 1 aliphatic carbocycles. The van der Waals surface area contributed by atoms with Gasteiger partial charge in [0.1, 0.15) is 13.2 Å². The second-order valence-corrected chi connectivity index (χ2v) is 5.25. The van der Waals surface area contributed by atoms with Crippen LogP contribution >= 0.6 is 0 Å². The van der Waals surface area contributed by atoms with Crippen LogP contribution in [-0.4, -0.2) is 49.6 Å². The van der Waals surface area contributed by atoms with Crippen LogP contribution in [0.1, 0.15) is 23.2 Å². The van der Waals surface area contributed by atoms with Crippen LogP contribution in [-0.2, 0) is 4.79 Å². The number of fused-ring (bicyclic) bond motifs is 1. The topological polar surface area (TPSA) is 67.9 Å². The van der Waals surface area contributed by atoms with E-state index in [4.69, 9.17) is 9.47 Å². The van der Waals surface area contributed by atoms with Gasteiger partial charge in [-0.1, -0.05) is 6.07 Å². The lowest BCUT2D eigenvalue weighted by Crippen LogP contribution is -2.39. The summed E-state index contributed by atoms with van der Waals surface area (Å²) in [5, 5.41) is 2.65. The number of benzene rings is 1. The van der Waals surface area contributed by atoms with Gasteiger partial charge in [-0.05, 0) is 25.0 Å². The molecule has 1 heterocycles. The van der Waals surface area contributed by atoms with Crippen LogP contribution in [0.5, 0.6) is 11.5 Å². The van der Waals surface area contributed by atoms with E-state index in [-0.39, 0.29) is 18.4 Å². The van der Waals surface area contributed by atoms with Gasteiger partial charge in [-0.2, -0.15) is 0 Å². The van der Waals surface area contributed by atoms with E-state index in [1.807, 2.05) is 0 Å². The summed E-state index contributed by atoms with van der Waals surface area (Å²) in [7, 11) is 1.77. The third kappa shape index (κ3) is 2.94. The Morgan fingerprint density at radius 3 is 2.81 bits per heavy atom. The van der Waals surface area contributed by atoms with Gasteiger partial charge in [-0.3, -0.25) is 9.59 Å². The van der Waals surface area contributed by atoms with Crippen LogP contribution in [0.4, 0.5) is 0 Å². The van der Waals surface area contributed by atoms with Gasteiger partial charge in [0.2, 0.25) is 5.91 Å². The first-order valence-electron chi connectivity index (χ1n) is 7.09. The SMILES string of the molecule is CN(C(=O)CNC(=O)c1cccc2c1OCCO2)C1CC1. The van der Waals surface area contributed by atoms with Crippen molar-refractivity contribution in [2.75, 3.05) is 26.8 Å². The average molecular weight is 290 g/mol. The summed E-state index contributed by atoms with van der Waals surface area (Å²) in [6.07, 6.45) is 2.10. The average Bonchev–Trinajstić information content (AvgIpc) is 3.35. The highest BCUT2D eigenvalue weighted by Crippen LogP contribution is 2.33. The predicted molar refractivity (Wildman–Crippen MR) is 75.6 cm³/mol. The molecule has 0 spiro atoms. The highest BCUT2D eigenvalue weighted by atomic mass is 16.6. The largest absolute Gasteiger partial charge is 0.486 e. The Bertz CT molecular complexity index is 569. The Morgan fingerprint density at radius 2 is 2.05 bits per heavy atom. The molecular formula is C15H18N2O4.